The largest absolute Gasteiger partial charge is 0.309 e. The lowest BCUT2D eigenvalue weighted by molar-refractivity contribution is 0.521. The summed E-state index contributed by atoms with van der Waals surface area (Å²) in [7, 11) is 0. The highest BCUT2D eigenvalue weighted by atomic mass is 127. The van der Waals surface area contributed by atoms with Gasteiger partial charge in [0.15, 0.2) is 0 Å². The van der Waals surface area contributed by atoms with Crippen LogP contribution in [0, 0.1) is 3.57 Å². The molecule has 0 spiro atoms. The molecule has 0 saturated heterocycles. The SMILES string of the molecule is CC(C)(C)c1nc(C2CCCCCC2)[nH]c(=O)c1I. The fourth-order valence-corrected chi connectivity index (χ4v) is 3.78. The summed E-state index contributed by atoms with van der Waals surface area (Å²) in [6, 6.07) is 0. The van der Waals surface area contributed by atoms with Gasteiger partial charge in [0.1, 0.15) is 9.39 Å². The van der Waals surface area contributed by atoms with E-state index in [0.29, 0.717) is 5.92 Å². The molecule has 19 heavy (non-hydrogen) atoms. The summed E-state index contributed by atoms with van der Waals surface area (Å²) in [5, 5.41) is 0. The molecule has 1 saturated carbocycles. The number of rotatable bonds is 1. The van der Waals surface area contributed by atoms with Crippen molar-refractivity contribution in [3.8, 4) is 0 Å². The van der Waals surface area contributed by atoms with Gasteiger partial charge < -0.3 is 4.98 Å². The van der Waals surface area contributed by atoms with Crippen molar-refractivity contribution < 1.29 is 0 Å². The van der Waals surface area contributed by atoms with Gasteiger partial charge in [0.2, 0.25) is 0 Å². The molecule has 0 radical (unpaired) electrons. The molecule has 1 heterocycles. The van der Waals surface area contributed by atoms with Crippen LogP contribution in [0.5, 0.6) is 0 Å². The van der Waals surface area contributed by atoms with E-state index in [1.165, 1.54) is 25.7 Å². The lowest BCUT2D eigenvalue weighted by Gasteiger charge is -2.22. The average molecular weight is 374 g/mol. The predicted octanol–water partition coefficient (Wildman–Crippen LogP) is 4.11. The molecule has 1 aromatic heterocycles. The summed E-state index contributed by atoms with van der Waals surface area (Å²) in [5.41, 5.74) is 0.889. The lowest BCUT2D eigenvalue weighted by atomic mass is 9.91. The molecular weight excluding hydrogens is 351 g/mol. The Morgan fingerprint density at radius 3 is 2.26 bits per heavy atom. The first kappa shape index (κ1) is 15.0. The monoisotopic (exact) mass is 374 g/mol. The van der Waals surface area contributed by atoms with Crippen LogP contribution >= 0.6 is 22.6 Å². The molecule has 1 aromatic rings. The predicted molar refractivity (Wildman–Crippen MR) is 86.7 cm³/mol. The topological polar surface area (TPSA) is 45.8 Å². The van der Waals surface area contributed by atoms with Gasteiger partial charge in [0.05, 0.1) is 5.69 Å². The minimum Gasteiger partial charge on any atom is -0.309 e. The molecule has 0 bridgehead atoms. The van der Waals surface area contributed by atoms with Crippen molar-refractivity contribution in [2.45, 2.75) is 70.6 Å². The van der Waals surface area contributed by atoms with Crippen LogP contribution in [-0.2, 0) is 5.41 Å². The van der Waals surface area contributed by atoms with Crippen molar-refractivity contribution in [2.75, 3.05) is 0 Å². The fourth-order valence-electron chi connectivity index (χ4n) is 2.72. The maximum atomic E-state index is 12.1. The molecule has 0 amide bonds. The van der Waals surface area contributed by atoms with Gasteiger partial charge in [-0.2, -0.15) is 0 Å². The third-order valence-corrected chi connectivity index (χ3v) is 4.83. The molecular formula is C15H23IN2O. The Hall–Kier alpha value is -0.390. The van der Waals surface area contributed by atoms with Gasteiger partial charge in [-0.25, -0.2) is 4.98 Å². The number of nitrogens with one attached hydrogen (secondary N) is 1. The van der Waals surface area contributed by atoms with Gasteiger partial charge in [-0.05, 0) is 35.4 Å². The highest BCUT2D eigenvalue weighted by Gasteiger charge is 2.24. The van der Waals surface area contributed by atoms with E-state index in [2.05, 4.69) is 48.3 Å². The maximum absolute atomic E-state index is 12.1. The second-order valence-electron chi connectivity index (χ2n) is 6.55. The van der Waals surface area contributed by atoms with E-state index in [0.717, 1.165) is 27.9 Å². The molecule has 2 rings (SSSR count). The zero-order valence-corrected chi connectivity index (χ0v) is 14.2. The van der Waals surface area contributed by atoms with E-state index in [1.54, 1.807) is 0 Å². The molecule has 1 aliphatic carbocycles. The maximum Gasteiger partial charge on any atom is 0.264 e. The van der Waals surface area contributed by atoms with Crippen molar-refractivity contribution >= 4 is 22.6 Å². The second kappa shape index (κ2) is 5.94. The van der Waals surface area contributed by atoms with E-state index in [4.69, 9.17) is 4.98 Å². The molecule has 3 nitrogen and oxygen atoms in total. The molecule has 4 heteroatoms. The first-order valence-corrected chi connectivity index (χ1v) is 8.27. The highest BCUT2D eigenvalue weighted by molar-refractivity contribution is 14.1. The quantitative estimate of drug-likeness (QED) is 0.594. The Kier molecular flexibility index (Phi) is 4.69. The molecule has 106 valence electrons. The molecule has 0 aromatic carbocycles. The Balaban J connectivity index is 2.41. The van der Waals surface area contributed by atoms with Crippen LogP contribution in [-0.4, -0.2) is 9.97 Å². The number of nitrogens with zero attached hydrogens (tertiary/aromatic N) is 1. The van der Waals surface area contributed by atoms with Crippen LogP contribution in [0.25, 0.3) is 0 Å². The second-order valence-corrected chi connectivity index (χ2v) is 7.63. The van der Waals surface area contributed by atoms with Crippen LogP contribution in [0.4, 0.5) is 0 Å². The van der Waals surface area contributed by atoms with Crippen molar-refractivity contribution in [3.05, 3.63) is 25.4 Å². The smallest absolute Gasteiger partial charge is 0.264 e. The minimum atomic E-state index is -0.0791. The van der Waals surface area contributed by atoms with Crippen LogP contribution in [0.2, 0.25) is 0 Å². The van der Waals surface area contributed by atoms with Crippen molar-refractivity contribution in [1.29, 1.82) is 0 Å². The number of H-pyrrole nitrogens is 1. The summed E-state index contributed by atoms with van der Waals surface area (Å²) in [6.45, 7) is 6.36. The Morgan fingerprint density at radius 2 is 1.74 bits per heavy atom. The van der Waals surface area contributed by atoms with Crippen molar-refractivity contribution in [2.24, 2.45) is 0 Å². The minimum absolute atomic E-state index is 0.0276. The number of halogens is 1. The number of aromatic nitrogens is 2. The van der Waals surface area contributed by atoms with E-state index < -0.39 is 0 Å². The van der Waals surface area contributed by atoms with Gasteiger partial charge >= 0.3 is 0 Å². The molecule has 1 fully saturated rings. The van der Waals surface area contributed by atoms with E-state index in [-0.39, 0.29) is 11.0 Å². The van der Waals surface area contributed by atoms with Crippen molar-refractivity contribution in [1.82, 2.24) is 9.97 Å². The third-order valence-electron chi connectivity index (χ3n) is 3.83. The first-order valence-electron chi connectivity index (χ1n) is 7.20. The Morgan fingerprint density at radius 1 is 1.16 bits per heavy atom. The number of hydrogen-bond acceptors (Lipinski definition) is 2. The zero-order valence-electron chi connectivity index (χ0n) is 12.1. The fraction of sp³-hybridized carbons (Fsp3) is 0.733. The highest BCUT2D eigenvalue weighted by Crippen LogP contribution is 2.31. The lowest BCUT2D eigenvalue weighted by Crippen LogP contribution is -2.26. The molecule has 1 N–H and O–H groups in total. The van der Waals surface area contributed by atoms with Crippen LogP contribution < -0.4 is 5.56 Å². The van der Waals surface area contributed by atoms with Crippen LogP contribution in [0.1, 0.15) is 76.7 Å². The molecule has 0 atom stereocenters. The third kappa shape index (κ3) is 3.58. The number of aromatic amines is 1. The average Bonchev–Trinajstić information content (AvgIpc) is 2.59. The summed E-state index contributed by atoms with van der Waals surface area (Å²) < 4.78 is 0.738. The molecule has 1 aliphatic rings. The number of hydrogen-bond donors (Lipinski definition) is 1. The van der Waals surface area contributed by atoms with E-state index in [1.807, 2.05) is 0 Å². The zero-order chi connectivity index (χ0) is 14.0. The molecule has 0 aliphatic heterocycles. The van der Waals surface area contributed by atoms with Crippen LogP contribution in [0.3, 0.4) is 0 Å². The van der Waals surface area contributed by atoms with Gasteiger partial charge in [-0.15, -0.1) is 0 Å². The summed E-state index contributed by atoms with van der Waals surface area (Å²) in [4.78, 5) is 20.0. The standard InChI is InChI=1S/C15H23IN2O/c1-15(2,3)12-11(16)14(19)18-13(17-12)10-8-6-4-5-7-9-10/h10H,4-9H2,1-3H3,(H,17,18,19). The van der Waals surface area contributed by atoms with Crippen molar-refractivity contribution in [3.63, 3.8) is 0 Å². The Bertz CT molecular complexity index is 494. The summed E-state index contributed by atoms with van der Waals surface area (Å²) in [5.74, 6) is 1.35. The van der Waals surface area contributed by atoms with E-state index in [9.17, 15) is 4.79 Å². The van der Waals surface area contributed by atoms with Gasteiger partial charge in [0.25, 0.3) is 5.56 Å². The Labute approximate surface area is 128 Å². The van der Waals surface area contributed by atoms with Gasteiger partial charge in [-0.1, -0.05) is 46.5 Å². The summed E-state index contributed by atoms with van der Waals surface area (Å²) in [6.07, 6.45) is 7.46. The first-order chi connectivity index (χ1) is 8.89. The molecule has 0 unspecified atom stereocenters. The van der Waals surface area contributed by atoms with Gasteiger partial charge in [0, 0.05) is 11.3 Å². The van der Waals surface area contributed by atoms with Gasteiger partial charge in [-0.3, -0.25) is 4.79 Å². The van der Waals surface area contributed by atoms with Crippen LogP contribution in [0.15, 0.2) is 4.79 Å². The van der Waals surface area contributed by atoms with E-state index >= 15 is 0 Å². The summed E-state index contributed by atoms with van der Waals surface area (Å²) >= 11 is 2.12. The normalized spacial score (nSPS) is 18.3.